The molecular formula is C33H39N3O5. The Kier molecular flexibility index (Phi) is 9.44. The van der Waals surface area contributed by atoms with Gasteiger partial charge in [0.05, 0.1) is 34.5 Å². The summed E-state index contributed by atoms with van der Waals surface area (Å²) in [6.45, 7) is 5.40. The number of morpholine rings is 1. The first-order valence-corrected chi connectivity index (χ1v) is 14.1. The van der Waals surface area contributed by atoms with Gasteiger partial charge in [-0.05, 0) is 47.0 Å². The largest absolute Gasteiger partial charge is 0.497 e. The Labute approximate surface area is 241 Å². The number of methoxy groups -OCH3 is 3. The van der Waals surface area contributed by atoms with Crippen molar-refractivity contribution in [3.63, 3.8) is 0 Å². The highest BCUT2D eigenvalue weighted by Gasteiger charge is 2.24. The van der Waals surface area contributed by atoms with Crippen molar-refractivity contribution in [3.05, 3.63) is 89.6 Å². The Bertz CT molecular complexity index is 1420. The van der Waals surface area contributed by atoms with Gasteiger partial charge in [0.1, 0.15) is 17.2 Å². The Morgan fingerprint density at radius 3 is 2.27 bits per heavy atom. The summed E-state index contributed by atoms with van der Waals surface area (Å²) in [6.07, 6.45) is 2.49. The highest BCUT2D eigenvalue weighted by Crippen LogP contribution is 2.38. The lowest BCUT2D eigenvalue weighted by molar-refractivity contribution is -0.121. The first-order valence-electron chi connectivity index (χ1n) is 14.1. The van der Waals surface area contributed by atoms with Gasteiger partial charge in [-0.1, -0.05) is 30.3 Å². The Morgan fingerprint density at radius 2 is 1.59 bits per heavy atom. The summed E-state index contributed by atoms with van der Waals surface area (Å²) in [5, 5.41) is 4.28. The lowest BCUT2D eigenvalue weighted by Crippen LogP contribution is -2.41. The summed E-state index contributed by atoms with van der Waals surface area (Å²) >= 11 is 0. The molecule has 2 heterocycles. The molecule has 1 unspecified atom stereocenters. The molecule has 8 heteroatoms. The number of aromatic nitrogens is 1. The standard InChI is InChI=1S/C33H39N3O5/c1-38-26-10-8-24(9-11-26)22-36-23-31(29-6-4-5-7-32(29)36)30(25-18-27(39-2)20-28(19-25)40-3)21-33(37)34-12-13-35-14-16-41-17-15-35/h4-11,18-20,23,30H,12-17,21-22H2,1-3H3,(H,34,37). The summed E-state index contributed by atoms with van der Waals surface area (Å²) in [6, 6.07) is 22.4. The fourth-order valence-electron chi connectivity index (χ4n) is 5.49. The van der Waals surface area contributed by atoms with Crippen LogP contribution >= 0.6 is 0 Å². The quantitative estimate of drug-likeness (QED) is 0.273. The molecule has 3 aromatic carbocycles. The van der Waals surface area contributed by atoms with Crippen molar-refractivity contribution in [1.29, 1.82) is 0 Å². The lowest BCUT2D eigenvalue weighted by Gasteiger charge is -2.26. The van der Waals surface area contributed by atoms with Crippen LogP contribution in [0.15, 0.2) is 72.9 Å². The van der Waals surface area contributed by atoms with Gasteiger partial charge < -0.3 is 28.8 Å². The Morgan fingerprint density at radius 1 is 0.902 bits per heavy atom. The Balaban J connectivity index is 1.47. The number of para-hydroxylation sites is 1. The van der Waals surface area contributed by atoms with Gasteiger partial charge in [0.2, 0.25) is 5.91 Å². The molecule has 216 valence electrons. The molecule has 0 bridgehead atoms. The van der Waals surface area contributed by atoms with E-state index in [-0.39, 0.29) is 11.8 Å². The number of fused-ring (bicyclic) bond motifs is 1. The average molecular weight is 558 g/mol. The smallest absolute Gasteiger partial charge is 0.220 e. The fraction of sp³-hybridized carbons (Fsp3) is 0.364. The van der Waals surface area contributed by atoms with E-state index in [1.165, 1.54) is 5.56 Å². The second kappa shape index (κ2) is 13.6. The first kappa shape index (κ1) is 28.5. The zero-order chi connectivity index (χ0) is 28.6. The minimum atomic E-state index is -0.204. The average Bonchev–Trinajstić information content (AvgIpc) is 3.38. The van der Waals surface area contributed by atoms with Crippen LogP contribution < -0.4 is 19.5 Å². The number of carbonyl (C=O) groups is 1. The van der Waals surface area contributed by atoms with Gasteiger partial charge >= 0.3 is 0 Å². The highest BCUT2D eigenvalue weighted by atomic mass is 16.5. The molecule has 0 saturated carbocycles. The molecule has 0 radical (unpaired) electrons. The van der Waals surface area contributed by atoms with Crippen molar-refractivity contribution >= 4 is 16.8 Å². The van der Waals surface area contributed by atoms with Gasteiger partial charge in [-0.15, -0.1) is 0 Å². The predicted molar refractivity (Wildman–Crippen MR) is 160 cm³/mol. The van der Waals surface area contributed by atoms with Crippen molar-refractivity contribution in [3.8, 4) is 17.2 Å². The third-order valence-electron chi connectivity index (χ3n) is 7.73. The second-order valence-electron chi connectivity index (χ2n) is 10.3. The van der Waals surface area contributed by atoms with Crippen LogP contribution in [0.2, 0.25) is 0 Å². The van der Waals surface area contributed by atoms with Crippen LogP contribution in [-0.4, -0.2) is 76.1 Å². The Hall–Kier alpha value is -4.01. The maximum atomic E-state index is 13.4. The third-order valence-corrected chi connectivity index (χ3v) is 7.73. The molecule has 1 aromatic heterocycles. The number of benzene rings is 3. The molecule has 1 aliphatic rings. The summed E-state index contributed by atoms with van der Waals surface area (Å²) < 4.78 is 24.2. The highest BCUT2D eigenvalue weighted by molar-refractivity contribution is 5.87. The first-order chi connectivity index (χ1) is 20.1. The van der Waals surface area contributed by atoms with Crippen molar-refractivity contribution in [2.75, 3.05) is 60.7 Å². The van der Waals surface area contributed by atoms with Crippen LogP contribution in [0.1, 0.15) is 29.0 Å². The van der Waals surface area contributed by atoms with Gasteiger partial charge in [-0.25, -0.2) is 0 Å². The number of carbonyl (C=O) groups excluding carboxylic acids is 1. The molecule has 1 aliphatic heterocycles. The van der Waals surface area contributed by atoms with E-state index in [0.717, 1.165) is 60.6 Å². The molecule has 1 saturated heterocycles. The zero-order valence-electron chi connectivity index (χ0n) is 24.1. The minimum absolute atomic E-state index is 0.0111. The number of hydrogen-bond acceptors (Lipinski definition) is 6. The number of nitrogens with one attached hydrogen (secondary N) is 1. The van der Waals surface area contributed by atoms with E-state index < -0.39 is 0 Å². The molecule has 1 amide bonds. The zero-order valence-corrected chi connectivity index (χ0v) is 24.1. The maximum Gasteiger partial charge on any atom is 0.220 e. The van der Waals surface area contributed by atoms with E-state index in [2.05, 4.69) is 57.4 Å². The van der Waals surface area contributed by atoms with E-state index >= 15 is 0 Å². The topological polar surface area (TPSA) is 74.2 Å². The van der Waals surface area contributed by atoms with Gasteiger partial charge in [-0.2, -0.15) is 0 Å². The molecule has 1 fully saturated rings. The van der Waals surface area contributed by atoms with E-state index in [1.54, 1.807) is 21.3 Å². The van der Waals surface area contributed by atoms with Gasteiger partial charge in [0.15, 0.2) is 0 Å². The summed E-state index contributed by atoms with van der Waals surface area (Å²) in [7, 11) is 4.96. The summed E-state index contributed by atoms with van der Waals surface area (Å²) in [4.78, 5) is 15.7. The predicted octanol–water partition coefficient (Wildman–Crippen LogP) is 4.69. The molecule has 4 aromatic rings. The van der Waals surface area contributed by atoms with Crippen LogP contribution in [0.5, 0.6) is 17.2 Å². The van der Waals surface area contributed by atoms with Gasteiger partial charge in [0.25, 0.3) is 0 Å². The molecular weight excluding hydrogens is 518 g/mol. The van der Waals surface area contributed by atoms with Crippen molar-refractivity contribution in [1.82, 2.24) is 14.8 Å². The van der Waals surface area contributed by atoms with Gasteiger partial charge in [0, 0.05) is 68.2 Å². The van der Waals surface area contributed by atoms with Crippen LogP contribution in [0, 0.1) is 0 Å². The summed E-state index contributed by atoms with van der Waals surface area (Å²) in [5.41, 5.74) is 4.34. The van der Waals surface area contributed by atoms with Crippen LogP contribution in [0.3, 0.4) is 0 Å². The molecule has 1 N–H and O–H groups in total. The van der Waals surface area contributed by atoms with Crippen LogP contribution in [0.4, 0.5) is 0 Å². The fourth-order valence-corrected chi connectivity index (χ4v) is 5.49. The summed E-state index contributed by atoms with van der Waals surface area (Å²) in [5.74, 6) is 2.03. The molecule has 8 nitrogen and oxygen atoms in total. The molecule has 0 aliphatic carbocycles. The molecule has 5 rings (SSSR count). The van der Waals surface area contributed by atoms with Crippen LogP contribution in [0.25, 0.3) is 10.9 Å². The van der Waals surface area contributed by atoms with E-state index in [0.29, 0.717) is 31.0 Å². The van der Waals surface area contributed by atoms with Crippen molar-refractivity contribution in [2.45, 2.75) is 18.9 Å². The van der Waals surface area contributed by atoms with E-state index in [4.69, 9.17) is 18.9 Å². The SMILES string of the molecule is COc1ccc(Cn2cc(C(CC(=O)NCCN3CCOCC3)c3cc(OC)cc(OC)c3)c3ccccc32)cc1. The number of nitrogens with zero attached hydrogens (tertiary/aromatic N) is 2. The van der Waals surface area contributed by atoms with E-state index in [9.17, 15) is 4.79 Å². The molecule has 1 atom stereocenters. The number of rotatable bonds is 12. The van der Waals surface area contributed by atoms with Crippen molar-refractivity contribution < 1.29 is 23.7 Å². The molecule has 0 spiro atoms. The third kappa shape index (κ3) is 7.01. The monoisotopic (exact) mass is 557 g/mol. The molecule has 41 heavy (non-hydrogen) atoms. The number of amides is 1. The van der Waals surface area contributed by atoms with E-state index in [1.807, 2.05) is 30.3 Å². The lowest BCUT2D eigenvalue weighted by atomic mass is 9.87. The minimum Gasteiger partial charge on any atom is -0.497 e. The van der Waals surface area contributed by atoms with Gasteiger partial charge in [-0.3, -0.25) is 9.69 Å². The number of hydrogen-bond donors (Lipinski definition) is 1. The number of ether oxygens (including phenoxy) is 4. The normalized spacial score (nSPS) is 14.5. The maximum absolute atomic E-state index is 13.4. The van der Waals surface area contributed by atoms with Crippen LogP contribution in [-0.2, 0) is 16.1 Å². The second-order valence-corrected chi connectivity index (χ2v) is 10.3. The van der Waals surface area contributed by atoms with Crippen molar-refractivity contribution in [2.24, 2.45) is 0 Å².